The largest absolute Gasteiger partial charge is 0.480 e. The highest BCUT2D eigenvalue weighted by molar-refractivity contribution is 6.44. The molecule has 0 heterocycles. The molecule has 0 aliphatic rings. The Morgan fingerprint density at radius 1 is 1.14 bits per heavy atom. The number of carbonyl (C=O) groups excluding carboxylic acids is 1. The molecule has 0 fully saturated rings. The SMILES string of the molecule is CCCCCCC(=O)c1ccc(OCC(=O)O)c(Cl)c1Cl. The molecule has 0 aromatic heterocycles. The third kappa shape index (κ3) is 5.56. The molecule has 1 rings (SSSR count). The maximum atomic E-state index is 12.1. The highest BCUT2D eigenvalue weighted by Gasteiger charge is 2.16. The van der Waals surface area contributed by atoms with Gasteiger partial charge in [-0.15, -0.1) is 0 Å². The van der Waals surface area contributed by atoms with Gasteiger partial charge >= 0.3 is 5.97 Å². The summed E-state index contributed by atoms with van der Waals surface area (Å²) in [5, 5.41) is 8.74. The fourth-order valence-corrected chi connectivity index (χ4v) is 2.33. The van der Waals surface area contributed by atoms with Crippen molar-refractivity contribution in [3.8, 4) is 5.75 Å². The molecular weight excluding hydrogens is 315 g/mol. The zero-order valence-electron chi connectivity index (χ0n) is 11.8. The predicted molar refractivity (Wildman–Crippen MR) is 82.7 cm³/mol. The number of Topliss-reactive ketones (excluding diaryl/α,β-unsaturated/α-hetero) is 1. The van der Waals surface area contributed by atoms with Crippen LogP contribution in [0, 0.1) is 0 Å². The Kier molecular flexibility index (Phi) is 7.54. The Labute approximate surface area is 134 Å². The van der Waals surface area contributed by atoms with Crippen molar-refractivity contribution in [2.75, 3.05) is 6.61 Å². The van der Waals surface area contributed by atoms with Crippen molar-refractivity contribution in [2.45, 2.75) is 39.0 Å². The molecule has 0 amide bonds. The van der Waals surface area contributed by atoms with Gasteiger partial charge in [0.05, 0.1) is 5.02 Å². The Balaban J connectivity index is 2.74. The van der Waals surface area contributed by atoms with E-state index in [1.807, 2.05) is 0 Å². The van der Waals surface area contributed by atoms with Gasteiger partial charge in [0.2, 0.25) is 0 Å². The van der Waals surface area contributed by atoms with Crippen molar-refractivity contribution in [2.24, 2.45) is 0 Å². The van der Waals surface area contributed by atoms with Crippen molar-refractivity contribution in [3.05, 3.63) is 27.7 Å². The lowest BCUT2D eigenvalue weighted by atomic mass is 10.0. The summed E-state index contributed by atoms with van der Waals surface area (Å²) in [5.74, 6) is -1.02. The molecule has 116 valence electrons. The Hall–Kier alpha value is -1.26. The highest BCUT2D eigenvalue weighted by Crippen LogP contribution is 2.35. The molecule has 4 nitrogen and oxygen atoms in total. The lowest BCUT2D eigenvalue weighted by molar-refractivity contribution is -0.139. The van der Waals surface area contributed by atoms with E-state index in [0.717, 1.165) is 25.7 Å². The fourth-order valence-electron chi connectivity index (χ4n) is 1.85. The molecule has 6 heteroatoms. The monoisotopic (exact) mass is 332 g/mol. The van der Waals surface area contributed by atoms with Gasteiger partial charge in [-0.25, -0.2) is 4.79 Å². The minimum absolute atomic E-state index is 0.0669. The summed E-state index contributed by atoms with van der Waals surface area (Å²) in [6.45, 7) is 1.59. The number of ketones is 1. The van der Waals surface area contributed by atoms with E-state index in [4.69, 9.17) is 33.0 Å². The minimum atomic E-state index is -1.11. The smallest absolute Gasteiger partial charge is 0.341 e. The molecule has 0 saturated carbocycles. The molecular formula is C15H18Cl2O4. The molecule has 0 atom stereocenters. The van der Waals surface area contributed by atoms with Crippen molar-refractivity contribution >= 4 is 35.0 Å². The van der Waals surface area contributed by atoms with Crippen LogP contribution in [0.3, 0.4) is 0 Å². The quantitative estimate of drug-likeness (QED) is 0.529. The van der Waals surface area contributed by atoms with Crippen LogP contribution in [0.2, 0.25) is 10.0 Å². The first-order valence-corrected chi connectivity index (χ1v) is 7.58. The average molecular weight is 333 g/mol. The van der Waals surface area contributed by atoms with Crippen molar-refractivity contribution in [3.63, 3.8) is 0 Å². The van der Waals surface area contributed by atoms with Gasteiger partial charge < -0.3 is 9.84 Å². The maximum absolute atomic E-state index is 12.1. The summed E-state index contributed by atoms with van der Waals surface area (Å²) in [5.41, 5.74) is 0.348. The van der Waals surface area contributed by atoms with E-state index in [9.17, 15) is 9.59 Å². The normalized spacial score (nSPS) is 10.4. The van der Waals surface area contributed by atoms with Gasteiger partial charge in [0.15, 0.2) is 12.4 Å². The topological polar surface area (TPSA) is 63.6 Å². The van der Waals surface area contributed by atoms with Crippen LogP contribution in [-0.2, 0) is 4.79 Å². The molecule has 0 spiro atoms. The van der Waals surface area contributed by atoms with Gasteiger partial charge in [-0.1, -0.05) is 49.4 Å². The molecule has 0 aliphatic carbocycles. The van der Waals surface area contributed by atoms with Crippen LogP contribution in [0.1, 0.15) is 49.4 Å². The maximum Gasteiger partial charge on any atom is 0.341 e. The summed E-state index contributed by atoms with van der Waals surface area (Å²) in [6, 6.07) is 2.99. The van der Waals surface area contributed by atoms with Crippen molar-refractivity contribution in [1.29, 1.82) is 0 Å². The number of hydrogen-bond acceptors (Lipinski definition) is 3. The number of carboxylic acid groups (broad SMARTS) is 1. The first-order valence-electron chi connectivity index (χ1n) is 6.83. The second-order valence-electron chi connectivity index (χ2n) is 4.66. The van der Waals surface area contributed by atoms with E-state index in [-0.39, 0.29) is 21.6 Å². The van der Waals surface area contributed by atoms with Gasteiger partial charge in [-0.05, 0) is 18.6 Å². The van der Waals surface area contributed by atoms with Crippen molar-refractivity contribution < 1.29 is 19.4 Å². The number of benzene rings is 1. The molecule has 1 aromatic carbocycles. The van der Waals surface area contributed by atoms with Gasteiger partial charge in [0.1, 0.15) is 10.8 Å². The number of carbonyl (C=O) groups is 2. The molecule has 0 saturated heterocycles. The van der Waals surface area contributed by atoms with Crippen LogP contribution in [0.25, 0.3) is 0 Å². The fraction of sp³-hybridized carbons (Fsp3) is 0.467. The number of unbranched alkanes of at least 4 members (excludes halogenated alkanes) is 3. The lowest BCUT2D eigenvalue weighted by Gasteiger charge is -2.10. The molecule has 0 unspecified atom stereocenters. The van der Waals surface area contributed by atoms with E-state index < -0.39 is 12.6 Å². The van der Waals surface area contributed by atoms with Crippen LogP contribution in [-0.4, -0.2) is 23.5 Å². The van der Waals surface area contributed by atoms with Crippen LogP contribution in [0.5, 0.6) is 5.75 Å². The Bertz CT molecular complexity index is 515. The highest BCUT2D eigenvalue weighted by atomic mass is 35.5. The number of halogens is 2. The standard InChI is InChI=1S/C15H18Cl2O4/c1-2-3-4-5-6-11(18)10-7-8-12(15(17)14(10)16)21-9-13(19)20/h7-8H,2-6,9H2,1H3,(H,19,20). The summed E-state index contributed by atoms with van der Waals surface area (Å²) in [6.07, 6.45) is 4.46. The van der Waals surface area contributed by atoms with E-state index in [1.54, 1.807) is 0 Å². The van der Waals surface area contributed by atoms with Gasteiger partial charge in [0, 0.05) is 12.0 Å². The van der Waals surface area contributed by atoms with E-state index in [2.05, 4.69) is 6.92 Å². The molecule has 0 radical (unpaired) electrons. The average Bonchev–Trinajstić information content (AvgIpc) is 2.44. The molecule has 1 N–H and O–H groups in total. The molecule has 0 bridgehead atoms. The summed E-state index contributed by atoms with van der Waals surface area (Å²) in [7, 11) is 0. The molecule has 0 aliphatic heterocycles. The van der Waals surface area contributed by atoms with E-state index in [1.165, 1.54) is 12.1 Å². The van der Waals surface area contributed by atoms with Gasteiger partial charge in [-0.3, -0.25) is 4.79 Å². The lowest BCUT2D eigenvalue weighted by Crippen LogP contribution is -2.10. The van der Waals surface area contributed by atoms with Gasteiger partial charge in [-0.2, -0.15) is 0 Å². The number of hydrogen-bond donors (Lipinski definition) is 1. The third-order valence-electron chi connectivity index (χ3n) is 2.96. The second-order valence-corrected chi connectivity index (χ2v) is 5.41. The van der Waals surface area contributed by atoms with Gasteiger partial charge in [0.25, 0.3) is 0 Å². The second kappa shape index (κ2) is 8.90. The molecule has 21 heavy (non-hydrogen) atoms. The number of ether oxygens (including phenoxy) is 1. The zero-order chi connectivity index (χ0) is 15.8. The Morgan fingerprint density at radius 3 is 2.48 bits per heavy atom. The predicted octanol–water partition coefficient (Wildman–Crippen LogP) is 4.61. The van der Waals surface area contributed by atoms with Crippen LogP contribution < -0.4 is 4.74 Å². The first kappa shape index (κ1) is 17.8. The van der Waals surface area contributed by atoms with Crippen LogP contribution >= 0.6 is 23.2 Å². The number of carboxylic acids is 1. The summed E-state index contributed by atoms with van der Waals surface area (Å²) < 4.78 is 5.00. The third-order valence-corrected chi connectivity index (χ3v) is 3.82. The zero-order valence-corrected chi connectivity index (χ0v) is 13.3. The van der Waals surface area contributed by atoms with E-state index in [0.29, 0.717) is 12.0 Å². The first-order chi connectivity index (χ1) is 9.97. The van der Waals surface area contributed by atoms with Crippen LogP contribution in [0.4, 0.5) is 0 Å². The minimum Gasteiger partial charge on any atom is -0.480 e. The number of aliphatic carboxylic acids is 1. The summed E-state index contributed by atoms with van der Waals surface area (Å²) in [4.78, 5) is 22.5. The van der Waals surface area contributed by atoms with Crippen molar-refractivity contribution in [1.82, 2.24) is 0 Å². The molecule has 1 aromatic rings. The van der Waals surface area contributed by atoms with E-state index >= 15 is 0 Å². The Morgan fingerprint density at radius 2 is 1.86 bits per heavy atom. The summed E-state index contributed by atoms with van der Waals surface area (Å²) >= 11 is 12.1. The number of rotatable bonds is 9. The van der Waals surface area contributed by atoms with Crippen LogP contribution in [0.15, 0.2) is 12.1 Å².